The fraction of sp³-hybridized carbons (Fsp3) is 0. The van der Waals surface area contributed by atoms with E-state index in [0.717, 1.165) is 89.8 Å². The van der Waals surface area contributed by atoms with E-state index in [0.29, 0.717) is 5.82 Å². The summed E-state index contributed by atoms with van der Waals surface area (Å²) in [4.78, 5) is 24.6. The third kappa shape index (κ3) is 7.76. The third-order valence-electron chi connectivity index (χ3n) is 10.6. The van der Waals surface area contributed by atoms with Crippen LogP contribution in [0.1, 0.15) is 0 Å². The van der Waals surface area contributed by atoms with Crippen molar-refractivity contribution in [1.29, 1.82) is 0 Å². The number of rotatable bonds is 9. The SMILES string of the molecule is c1ccc(-c2cccc(-c3cc(-c4ccccn4)nc(-c4ccc(-c5ccc(-c6ccc(-c7nc(-c8ccccc8)cc(-c8ccccc8)n7)cc6)cc5)cn4)c3)c2)cc1. The minimum absolute atomic E-state index is 0.695. The molecule has 0 aliphatic heterocycles. The molecule has 0 unspecified atom stereocenters. The topological polar surface area (TPSA) is 64.5 Å². The Kier molecular flexibility index (Phi) is 9.88. The molecule has 0 N–H and O–H groups in total. The van der Waals surface area contributed by atoms with Gasteiger partial charge in [-0.3, -0.25) is 9.97 Å². The quantitative estimate of drug-likeness (QED) is 0.146. The highest BCUT2D eigenvalue weighted by Crippen LogP contribution is 2.34. The first-order chi connectivity index (χ1) is 29.7. The monoisotopic (exact) mass is 767 g/mol. The van der Waals surface area contributed by atoms with Crippen molar-refractivity contribution in [1.82, 2.24) is 24.9 Å². The van der Waals surface area contributed by atoms with Crippen LogP contribution in [0.2, 0.25) is 0 Å². The summed E-state index contributed by atoms with van der Waals surface area (Å²) >= 11 is 0. The Balaban J connectivity index is 0.911. The highest BCUT2D eigenvalue weighted by Gasteiger charge is 2.14. The van der Waals surface area contributed by atoms with E-state index in [1.807, 2.05) is 66.9 Å². The Hall–Kier alpha value is -8.15. The summed E-state index contributed by atoms with van der Waals surface area (Å²) in [5.74, 6) is 0.695. The molecule has 0 saturated heterocycles. The second-order valence-electron chi connectivity index (χ2n) is 14.6. The van der Waals surface area contributed by atoms with E-state index in [9.17, 15) is 0 Å². The first kappa shape index (κ1) is 36.2. The summed E-state index contributed by atoms with van der Waals surface area (Å²) in [5.41, 5.74) is 16.9. The lowest BCUT2D eigenvalue weighted by Crippen LogP contribution is -1.95. The van der Waals surface area contributed by atoms with Crippen LogP contribution in [0, 0.1) is 0 Å². The Morgan fingerprint density at radius 2 is 0.667 bits per heavy atom. The number of hydrogen-bond donors (Lipinski definition) is 0. The fourth-order valence-electron chi connectivity index (χ4n) is 7.46. The van der Waals surface area contributed by atoms with Gasteiger partial charge in [0.2, 0.25) is 0 Å². The van der Waals surface area contributed by atoms with E-state index in [-0.39, 0.29) is 0 Å². The lowest BCUT2D eigenvalue weighted by molar-refractivity contribution is 1.18. The van der Waals surface area contributed by atoms with Crippen molar-refractivity contribution in [3.63, 3.8) is 0 Å². The van der Waals surface area contributed by atoms with Gasteiger partial charge < -0.3 is 0 Å². The van der Waals surface area contributed by atoms with Crippen molar-refractivity contribution >= 4 is 0 Å². The molecule has 0 atom stereocenters. The summed E-state index contributed by atoms with van der Waals surface area (Å²) in [6.07, 6.45) is 3.73. The van der Waals surface area contributed by atoms with Gasteiger partial charge in [-0.1, -0.05) is 170 Å². The minimum atomic E-state index is 0.695. The first-order valence-corrected chi connectivity index (χ1v) is 20.0. The summed E-state index contributed by atoms with van der Waals surface area (Å²) < 4.78 is 0. The second kappa shape index (κ2) is 16.4. The average molecular weight is 768 g/mol. The van der Waals surface area contributed by atoms with Crippen molar-refractivity contribution in [3.8, 4) is 101 Å². The lowest BCUT2D eigenvalue weighted by Gasteiger charge is -2.11. The normalized spacial score (nSPS) is 11.0. The van der Waals surface area contributed by atoms with E-state index < -0.39 is 0 Å². The van der Waals surface area contributed by atoms with E-state index in [4.69, 9.17) is 19.9 Å². The average Bonchev–Trinajstić information content (AvgIpc) is 3.35. The van der Waals surface area contributed by atoms with Crippen molar-refractivity contribution in [2.24, 2.45) is 0 Å². The van der Waals surface area contributed by atoms with Gasteiger partial charge in [0.15, 0.2) is 5.82 Å². The molecular formula is C55H37N5. The molecule has 0 fully saturated rings. The van der Waals surface area contributed by atoms with Crippen LogP contribution in [-0.4, -0.2) is 24.9 Å². The zero-order chi connectivity index (χ0) is 40.1. The van der Waals surface area contributed by atoms with Crippen molar-refractivity contribution in [3.05, 3.63) is 225 Å². The molecule has 0 amide bonds. The number of aromatic nitrogens is 5. The Morgan fingerprint density at radius 3 is 1.20 bits per heavy atom. The molecule has 0 bridgehead atoms. The molecule has 10 rings (SSSR count). The lowest BCUT2D eigenvalue weighted by atomic mass is 9.97. The molecule has 4 aromatic heterocycles. The first-order valence-electron chi connectivity index (χ1n) is 20.0. The number of pyridine rings is 3. The Morgan fingerprint density at radius 1 is 0.217 bits per heavy atom. The molecule has 0 aliphatic carbocycles. The van der Waals surface area contributed by atoms with Gasteiger partial charge in [0.1, 0.15) is 0 Å². The van der Waals surface area contributed by atoms with Crippen LogP contribution in [0.3, 0.4) is 0 Å². The summed E-state index contributed by atoms with van der Waals surface area (Å²) in [6.45, 7) is 0. The number of hydrogen-bond acceptors (Lipinski definition) is 5. The predicted octanol–water partition coefficient (Wildman–Crippen LogP) is 13.7. The summed E-state index contributed by atoms with van der Waals surface area (Å²) in [7, 11) is 0. The van der Waals surface area contributed by atoms with Gasteiger partial charge in [-0.05, 0) is 81.4 Å². The number of nitrogens with zero attached hydrogens (tertiary/aromatic N) is 5. The van der Waals surface area contributed by atoms with Gasteiger partial charge in [0, 0.05) is 34.6 Å². The molecule has 4 heterocycles. The molecule has 10 aromatic rings. The van der Waals surface area contributed by atoms with Gasteiger partial charge in [-0.25, -0.2) is 15.0 Å². The molecule has 6 aromatic carbocycles. The molecule has 282 valence electrons. The maximum Gasteiger partial charge on any atom is 0.160 e. The van der Waals surface area contributed by atoms with Crippen LogP contribution in [0.5, 0.6) is 0 Å². The van der Waals surface area contributed by atoms with Crippen molar-refractivity contribution in [2.45, 2.75) is 0 Å². The highest BCUT2D eigenvalue weighted by atomic mass is 14.9. The van der Waals surface area contributed by atoms with E-state index in [1.165, 1.54) is 5.56 Å². The Labute approximate surface area is 349 Å². The zero-order valence-corrected chi connectivity index (χ0v) is 32.6. The minimum Gasteiger partial charge on any atom is -0.255 e. The van der Waals surface area contributed by atoms with Crippen LogP contribution < -0.4 is 0 Å². The molecular weight excluding hydrogens is 731 g/mol. The van der Waals surface area contributed by atoms with Crippen LogP contribution in [-0.2, 0) is 0 Å². The van der Waals surface area contributed by atoms with Crippen molar-refractivity contribution < 1.29 is 0 Å². The second-order valence-corrected chi connectivity index (χ2v) is 14.6. The maximum absolute atomic E-state index is 5.06. The molecule has 5 heteroatoms. The van der Waals surface area contributed by atoms with E-state index >= 15 is 0 Å². The molecule has 0 saturated carbocycles. The maximum atomic E-state index is 5.06. The van der Waals surface area contributed by atoms with Crippen LogP contribution in [0.15, 0.2) is 225 Å². The van der Waals surface area contributed by atoms with Gasteiger partial charge in [0.25, 0.3) is 0 Å². The Bertz CT molecular complexity index is 2970. The smallest absolute Gasteiger partial charge is 0.160 e. The van der Waals surface area contributed by atoms with Crippen molar-refractivity contribution in [2.75, 3.05) is 0 Å². The third-order valence-corrected chi connectivity index (χ3v) is 10.6. The van der Waals surface area contributed by atoms with E-state index in [1.54, 1.807) is 6.20 Å². The standard InChI is InChI=1S/C55H37N5/c1-4-13-38(14-5-1)45-19-12-20-46(33-45)48-34-53(49-21-10-11-32-56-49)58-54(35-48)50-31-30-47(37-57-50)41-24-22-39(23-25-41)40-26-28-44(29-27-40)55-59-51(42-15-6-2-7-16-42)36-52(60-55)43-17-8-3-9-18-43/h1-37H. The van der Waals surface area contributed by atoms with Crippen LogP contribution >= 0.6 is 0 Å². The van der Waals surface area contributed by atoms with Crippen LogP contribution in [0.25, 0.3) is 101 Å². The fourth-order valence-corrected chi connectivity index (χ4v) is 7.46. The molecule has 0 radical (unpaired) electrons. The van der Waals surface area contributed by atoms with Gasteiger partial charge in [-0.2, -0.15) is 0 Å². The summed E-state index contributed by atoms with van der Waals surface area (Å²) in [6, 6.07) is 73.1. The zero-order valence-electron chi connectivity index (χ0n) is 32.6. The van der Waals surface area contributed by atoms with Crippen LogP contribution in [0.4, 0.5) is 0 Å². The molecule has 5 nitrogen and oxygen atoms in total. The van der Waals surface area contributed by atoms with Gasteiger partial charge >= 0.3 is 0 Å². The largest absolute Gasteiger partial charge is 0.255 e. The summed E-state index contributed by atoms with van der Waals surface area (Å²) in [5, 5.41) is 0. The number of benzene rings is 6. The van der Waals surface area contributed by atoms with E-state index in [2.05, 4.69) is 157 Å². The van der Waals surface area contributed by atoms with Gasteiger partial charge in [0.05, 0.1) is 34.2 Å². The van der Waals surface area contributed by atoms with Gasteiger partial charge in [-0.15, -0.1) is 0 Å². The molecule has 0 spiro atoms. The molecule has 60 heavy (non-hydrogen) atoms. The highest BCUT2D eigenvalue weighted by molar-refractivity contribution is 5.79. The predicted molar refractivity (Wildman–Crippen MR) is 244 cm³/mol. The molecule has 0 aliphatic rings.